The monoisotopic (exact) mass is 177 g/mol. The number of fused-ring (bicyclic) bond motifs is 1. The van der Waals surface area contributed by atoms with Crippen LogP contribution in [0.25, 0.3) is 5.78 Å². The Hall–Kier alpha value is -1.85. The molecular weight excluding hydrogens is 170 g/mol. The summed E-state index contributed by atoms with van der Waals surface area (Å²) in [4.78, 5) is 22.4. The predicted octanol–water partition coefficient (Wildman–Crippen LogP) is -0.0514. The van der Waals surface area contributed by atoms with E-state index in [2.05, 4.69) is 20.1 Å². The summed E-state index contributed by atoms with van der Waals surface area (Å²) in [6.45, 7) is 3.55. The summed E-state index contributed by atoms with van der Waals surface area (Å²) in [5.41, 5.74) is 0. The molecule has 0 radical (unpaired) electrons. The SMILES string of the molecule is Cc1nc(C)n2nc(C=O)nc2n1. The molecule has 0 saturated heterocycles. The highest BCUT2D eigenvalue weighted by Gasteiger charge is 2.06. The zero-order valence-corrected chi connectivity index (χ0v) is 7.22. The molecule has 0 bridgehead atoms. The van der Waals surface area contributed by atoms with E-state index in [4.69, 9.17) is 0 Å². The largest absolute Gasteiger partial charge is 0.294 e. The Morgan fingerprint density at radius 1 is 1.23 bits per heavy atom. The molecule has 0 N–H and O–H groups in total. The molecule has 0 saturated carbocycles. The lowest BCUT2D eigenvalue weighted by molar-refractivity contribution is 0.111. The van der Waals surface area contributed by atoms with E-state index in [0.717, 1.165) is 0 Å². The second kappa shape index (κ2) is 2.58. The van der Waals surface area contributed by atoms with Gasteiger partial charge in [0.15, 0.2) is 6.29 Å². The van der Waals surface area contributed by atoms with Crippen LogP contribution >= 0.6 is 0 Å². The maximum absolute atomic E-state index is 10.4. The molecule has 0 aliphatic rings. The zero-order chi connectivity index (χ0) is 9.42. The number of carbonyl (C=O) groups excluding carboxylic acids is 1. The third-order valence-electron chi connectivity index (χ3n) is 1.60. The van der Waals surface area contributed by atoms with Gasteiger partial charge in [0.1, 0.15) is 11.6 Å². The first-order valence-electron chi connectivity index (χ1n) is 3.74. The Bertz CT molecular complexity index is 475. The van der Waals surface area contributed by atoms with Crippen LogP contribution in [0.1, 0.15) is 22.3 Å². The van der Waals surface area contributed by atoms with Gasteiger partial charge in [0, 0.05) is 0 Å². The number of nitrogens with zero attached hydrogens (tertiary/aromatic N) is 5. The molecule has 0 amide bonds. The number of aromatic nitrogens is 5. The third kappa shape index (κ3) is 1.16. The highest BCUT2D eigenvalue weighted by molar-refractivity contribution is 5.69. The maximum Gasteiger partial charge on any atom is 0.256 e. The molecule has 0 aromatic carbocycles. The van der Waals surface area contributed by atoms with Crippen LogP contribution in [0.4, 0.5) is 0 Å². The van der Waals surface area contributed by atoms with Crippen molar-refractivity contribution in [2.45, 2.75) is 13.8 Å². The number of rotatable bonds is 1. The molecule has 2 aromatic rings. The van der Waals surface area contributed by atoms with Gasteiger partial charge in [-0.2, -0.15) is 14.5 Å². The Labute approximate surface area is 73.7 Å². The van der Waals surface area contributed by atoms with Crippen LogP contribution in [0, 0.1) is 13.8 Å². The lowest BCUT2D eigenvalue weighted by Gasteiger charge is -1.95. The molecule has 2 aromatic heterocycles. The van der Waals surface area contributed by atoms with Crippen LogP contribution in [0.3, 0.4) is 0 Å². The first-order valence-corrected chi connectivity index (χ1v) is 3.74. The van der Waals surface area contributed by atoms with Gasteiger partial charge in [-0.05, 0) is 13.8 Å². The van der Waals surface area contributed by atoms with E-state index in [1.54, 1.807) is 13.8 Å². The van der Waals surface area contributed by atoms with Gasteiger partial charge in [-0.25, -0.2) is 4.98 Å². The van der Waals surface area contributed by atoms with Crippen LogP contribution in [0.2, 0.25) is 0 Å². The smallest absolute Gasteiger partial charge is 0.256 e. The van der Waals surface area contributed by atoms with Crippen LogP contribution in [0.15, 0.2) is 0 Å². The standard InChI is InChI=1S/C7H7N5O/c1-4-8-5(2)12-7(9-4)10-6(3-13)11-12/h3H,1-2H3. The maximum atomic E-state index is 10.4. The number of hydrogen-bond acceptors (Lipinski definition) is 5. The molecule has 0 spiro atoms. The minimum absolute atomic E-state index is 0.128. The first-order chi connectivity index (χ1) is 6.20. The molecule has 0 atom stereocenters. The van der Waals surface area contributed by atoms with Crippen molar-refractivity contribution in [1.82, 2.24) is 24.6 Å². The minimum Gasteiger partial charge on any atom is -0.294 e. The molecule has 0 fully saturated rings. The van der Waals surface area contributed by atoms with Crippen molar-refractivity contribution in [3.8, 4) is 0 Å². The quantitative estimate of drug-likeness (QED) is 0.571. The number of aldehydes is 1. The molecule has 13 heavy (non-hydrogen) atoms. The molecule has 66 valence electrons. The van der Waals surface area contributed by atoms with Crippen molar-refractivity contribution < 1.29 is 4.79 Å². The van der Waals surface area contributed by atoms with Gasteiger partial charge in [0.2, 0.25) is 5.82 Å². The normalized spacial score (nSPS) is 10.6. The van der Waals surface area contributed by atoms with Gasteiger partial charge in [-0.1, -0.05) is 0 Å². The predicted molar refractivity (Wildman–Crippen MR) is 43.4 cm³/mol. The fourth-order valence-corrected chi connectivity index (χ4v) is 1.11. The summed E-state index contributed by atoms with van der Waals surface area (Å²) in [5.74, 6) is 1.83. The van der Waals surface area contributed by atoms with Crippen LogP contribution < -0.4 is 0 Å². The van der Waals surface area contributed by atoms with E-state index < -0.39 is 0 Å². The van der Waals surface area contributed by atoms with Crippen molar-refractivity contribution in [3.05, 3.63) is 17.5 Å². The van der Waals surface area contributed by atoms with Gasteiger partial charge in [0.25, 0.3) is 5.78 Å². The summed E-state index contributed by atoms with van der Waals surface area (Å²) in [6.07, 6.45) is 0.587. The number of aryl methyl sites for hydroxylation is 2. The lowest BCUT2D eigenvalue weighted by atomic mass is 10.6. The Balaban J connectivity index is 2.82. The van der Waals surface area contributed by atoms with Crippen molar-refractivity contribution in [2.75, 3.05) is 0 Å². The molecule has 6 heteroatoms. The third-order valence-corrected chi connectivity index (χ3v) is 1.60. The van der Waals surface area contributed by atoms with E-state index in [1.165, 1.54) is 4.52 Å². The van der Waals surface area contributed by atoms with Crippen molar-refractivity contribution in [3.63, 3.8) is 0 Å². The molecule has 0 unspecified atom stereocenters. The van der Waals surface area contributed by atoms with E-state index in [1.807, 2.05) is 0 Å². The van der Waals surface area contributed by atoms with Crippen molar-refractivity contribution >= 4 is 12.1 Å². The lowest BCUT2D eigenvalue weighted by Crippen LogP contribution is -2.02. The number of carbonyl (C=O) groups is 1. The molecule has 2 heterocycles. The number of hydrogen-bond donors (Lipinski definition) is 0. The topological polar surface area (TPSA) is 73.0 Å². The molecule has 0 aliphatic carbocycles. The highest BCUT2D eigenvalue weighted by atomic mass is 16.1. The Morgan fingerprint density at radius 3 is 2.69 bits per heavy atom. The van der Waals surface area contributed by atoms with E-state index in [9.17, 15) is 4.79 Å². The molecule has 0 aliphatic heterocycles. The van der Waals surface area contributed by atoms with Crippen LogP contribution in [0.5, 0.6) is 0 Å². The van der Waals surface area contributed by atoms with E-state index >= 15 is 0 Å². The Morgan fingerprint density at radius 2 is 2.00 bits per heavy atom. The van der Waals surface area contributed by atoms with Crippen molar-refractivity contribution in [2.24, 2.45) is 0 Å². The van der Waals surface area contributed by atoms with E-state index in [0.29, 0.717) is 23.7 Å². The fourth-order valence-electron chi connectivity index (χ4n) is 1.11. The van der Waals surface area contributed by atoms with Gasteiger partial charge in [-0.3, -0.25) is 4.79 Å². The summed E-state index contributed by atoms with van der Waals surface area (Å²) >= 11 is 0. The molecule has 6 nitrogen and oxygen atoms in total. The van der Waals surface area contributed by atoms with Gasteiger partial charge in [0.05, 0.1) is 0 Å². The van der Waals surface area contributed by atoms with Crippen LogP contribution in [-0.2, 0) is 0 Å². The minimum atomic E-state index is 0.128. The summed E-state index contributed by atoms with van der Waals surface area (Å²) in [6, 6.07) is 0. The van der Waals surface area contributed by atoms with Crippen LogP contribution in [-0.4, -0.2) is 30.9 Å². The second-order valence-electron chi connectivity index (χ2n) is 2.62. The fraction of sp³-hybridized carbons (Fsp3) is 0.286. The van der Waals surface area contributed by atoms with Gasteiger partial charge < -0.3 is 0 Å². The summed E-state index contributed by atoms with van der Waals surface area (Å²) in [5, 5.41) is 3.88. The highest BCUT2D eigenvalue weighted by Crippen LogP contribution is 1.99. The summed E-state index contributed by atoms with van der Waals surface area (Å²) in [7, 11) is 0. The Kier molecular flexibility index (Phi) is 1.54. The van der Waals surface area contributed by atoms with Gasteiger partial charge >= 0.3 is 0 Å². The zero-order valence-electron chi connectivity index (χ0n) is 7.22. The average molecular weight is 177 g/mol. The van der Waals surface area contributed by atoms with Gasteiger partial charge in [-0.15, -0.1) is 5.10 Å². The average Bonchev–Trinajstić information content (AvgIpc) is 2.47. The summed E-state index contributed by atoms with van der Waals surface area (Å²) < 4.78 is 1.44. The molecular formula is C7H7N5O. The molecule has 2 rings (SSSR count). The second-order valence-corrected chi connectivity index (χ2v) is 2.62. The van der Waals surface area contributed by atoms with E-state index in [-0.39, 0.29) is 5.82 Å². The van der Waals surface area contributed by atoms with Crippen molar-refractivity contribution in [1.29, 1.82) is 0 Å². The first kappa shape index (κ1) is 7.78.